The molecule has 0 fully saturated rings. The number of amides is 1. The third-order valence-corrected chi connectivity index (χ3v) is 4.89. The lowest BCUT2D eigenvalue weighted by molar-refractivity contribution is 0.0711. The zero-order valence-corrected chi connectivity index (χ0v) is 19.0. The van der Waals surface area contributed by atoms with E-state index in [2.05, 4.69) is 20.9 Å². The maximum atomic E-state index is 13.6. The fraction of sp³-hybridized carbons (Fsp3) is 0.368. The molecular weight excluding hydrogens is 494 g/mol. The largest absolute Gasteiger partial charge is 0.383 e. The highest BCUT2D eigenvalue weighted by atomic mass is 127. The van der Waals surface area contributed by atoms with Gasteiger partial charge in [-0.1, -0.05) is 18.2 Å². The number of carbonyl (C=O) groups excluding carboxylic acids is 1. The SMILES string of the molecule is CCNC(=NCC(C)(O)c1cccs1)NCCNC(=O)c1ccccc1F.I. The Morgan fingerprint density at radius 3 is 2.54 bits per heavy atom. The molecule has 2 aromatic rings. The number of hydrogen-bond donors (Lipinski definition) is 4. The molecule has 0 radical (unpaired) electrons. The van der Waals surface area contributed by atoms with Crippen molar-refractivity contribution in [1.82, 2.24) is 16.0 Å². The molecule has 0 aliphatic rings. The first-order valence-corrected chi connectivity index (χ1v) is 9.63. The van der Waals surface area contributed by atoms with Crippen molar-refractivity contribution >= 4 is 47.2 Å². The van der Waals surface area contributed by atoms with Gasteiger partial charge in [-0.2, -0.15) is 0 Å². The Bertz CT molecular complexity index is 769. The third kappa shape index (κ3) is 7.36. The van der Waals surface area contributed by atoms with Gasteiger partial charge in [-0.25, -0.2) is 9.38 Å². The van der Waals surface area contributed by atoms with Crippen LogP contribution in [0.4, 0.5) is 4.39 Å². The summed E-state index contributed by atoms with van der Waals surface area (Å²) in [6.45, 7) is 5.24. The molecule has 2 rings (SSSR count). The normalized spacial score (nSPS) is 13.2. The molecule has 1 aromatic carbocycles. The molecule has 1 unspecified atom stereocenters. The molecule has 1 heterocycles. The van der Waals surface area contributed by atoms with Crippen LogP contribution < -0.4 is 16.0 Å². The van der Waals surface area contributed by atoms with Crippen LogP contribution in [-0.4, -0.2) is 43.2 Å². The van der Waals surface area contributed by atoms with Gasteiger partial charge in [0.25, 0.3) is 5.91 Å². The Kier molecular flexibility index (Phi) is 10.4. The number of carbonyl (C=O) groups is 1. The number of thiophene rings is 1. The van der Waals surface area contributed by atoms with Gasteiger partial charge in [-0.3, -0.25) is 4.79 Å². The van der Waals surface area contributed by atoms with Crippen molar-refractivity contribution in [2.45, 2.75) is 19.4 Å². The fourth-order valence-electron chi connectivity index (χ4n) is 2.34. The molecule has 0 aliphatic heterocycles. The van der Waals surface area contributed by atoms with Crippen molar-refractivity contribution in [2.24, 2.45) is 4.99 Å². The first-order valence-electron chi connectivity index (χ1n) is 8.75. The van der Waals surface area contributed by atoms with Crippen LogP contribution in [0, 0.1) is 5.82 Å². The number of nitrogens with one attached hydrogen (secondary N) is 3. The molecule has 1 atom stereocenters. The standard InChI is InChI=1S/C19H25FN4O2S.HI/c1-3-21-18(24-13-19(2,26)16-9-6-12-27-16)23-11-10-22-17(25)14-7-4-5-8-15(14)20;/h4-9,12,26H,3,10-11,13H2,1-2H3,(H,22,25)(H2,21,23,24);1H. The molecule has 0 bridgehead atoms. The summed E-state index contributed by atoms with van der Waals surface area (Å²) in [5.41, 5.74) is -1.03. The van der Waals surface area contributed by atoms with Crippen LogP contribution in [0.5, 0.6) is 0 Å². The summed E-state index contributed by atoms with van der Waals surface area (Å²) >= 11 is 1.48. The molecule has 0 aliphatic carbocycles. The summed E-state index contributed by atoms with van der Waals surface area (Å²) in [6, 6.07) is 9.61. The molecule has 4 N–H and O–H groups in total. The van der Waals surface area contributed by atoms with Crippen LogP contribution in [0.3, 0.4) is 0 Å². The summed E-state index contributed by atoms with van der Waals surface area (Å²) < 4.78 is 13.6. The molecule has 6 nitrogen and oxygen atoms in total. The monoisotopic (exact) mass is 520 g/mol. The van der Waals surface area contributed by atoms with Gasteiger partial charge in [-0.15, -0.1) is 35.3 Å². The Morgan fingerprint density at radius 2 is 1.89 bits per heavy atom. The smallest absolute Gasteiger partial charge is 0.254 e. The van der Waals surface area contributed by atoms with Crippen molar-refractivity contribution < 1.29 is 14.3 Å². The zero-order valence-electron chi connectivity index (χ0n) is 15.9. The van der Waals surface area contributed by atoms with E-state index < -0.39 is 17.3 Å². The van der Waals surface area contributed by atoms with E-state index in [9.17, 15) is 14.3 Å². The Morgan fingerprint density at radius 1 is 1.18 bits per heavy atom. The number of nitrogens with zero attached hydrogens (tertiary/aromatic N) is 1. The van der Waals surface area contributed by atoms with Crippen molar-refractivity contribution in [3.8, 4) is 0 Å². The molecule has 0 saturated heterocycles. The summed E-state index contributed by atoms with van der Waals surface area (Å²) in [5.74, 6) is -0.472. The van der Waals surface area contributed by atoms with Crippen molar-refractivity contribution in [2.75, 3.05) is 26.2 Å². The van der Waals surface area contributed by atoms with E-state index in [1.54, 1.807) is 13.0 Å². The number of hydrogen-bond acceptors (Lipinski definition) is 4. The Labute approximate surface area is 185 Å². The van der Waals surface area contributed by atoms with Crippen LogP contribution in [0.2, 0.25) is 0 Å². The van der Waals surface area contributed by atoms with Gasteiger partial charge in [0, 0.05) is 24.5 Å². The molecule has 9 heteroatoms. The van der Waals surface area contributed by atoms with Crippen LogP contribution in [0.15, 0.2) is 46.8 Å². The maximum absolute atomic E-state index is 13.6. The Balaban J connectivity index is 0.00000392. The van der Waals surface area contributed by atoms with Crippen molar-refractivity contribution in [3.05, 3.63) is 58.0 Å². The molecule has 0 saturated carbocycles. The van der Waals surface area contributed by atoms with E-state index in [4.69, 9.17) is 0 Å². The van der Waals surface area contributed by atoms with Crippen LogP contribution in [-0.2, 0) is 5.60 Å². The van der Waals surface area contributed by atoms with Crippen molar-refractivity contribution in [3.63, 3.8) is 0 Å². The molecule has 1 amide bonds. The van der Waals surface area contributed by atoms with Crippen molar-refractivity contribution in [1.29, 1.82) is 0 Å². The van der Waals surface area contributed by atoms with Gasteiger partial charge in [-0.05, 0) is 37.4 Å². The summed E-state index contributed by atoms with van der Waals surface area (Å²) in [4.78, 5) is 17.2. The second kappa shape index (κ2) is 12.0. The average Bonchev–Trinajstić information content (AvgIpc) is 3.19. The highest BCUT2D eigenvalue weighted by Gasteiger charge is 2.24. The predicted molar refractivity (Wildman–Crippen MR) is 122 cm³/mol. The number of guanidine groups is 1. The quantitative estimate of drug-likeness (QED) is 0.187. The number of aliphatic hydroxyl groups is 1. The van der Waals surface area contributed by atoms with Gasteiger partial charge >= 0.3 is 0 Å². The lowest BCUT2D eigenvalue weighted by atomic mass is 10.1. The summed E-state index contributed by atoms with van der Waals surface area (Å²) in [6.07, 6.45) is 0. The minimum absolute atomic E-state index is 0. The fourth-order valence-corrected chi connectivity index (χ4v) is 3.11. The highest BCUT2D eigenvalue weighted by Crippen LogP contribution is 2.25. The summed E-state index contributed by atoms with van der Waals surface area (Å²) in [7, 11) is 0. The third-order valence-electron chi connectivity index (χ3n) is 3.76. The van der Waals surface area contributed by atoms with Crippen LogP contribution in [0.1, 0.15) is 29.1 Å². The number of halogens is 2. The predicted octanol–water partition coefficient (Wildman–Crippen LogP) is 2.70. The van der Waals surface area contributed by atoms with E-state index in [0.717, 1.165) is 4.88 Å². The summed E-state index contributed by atoms with van der Waals surface area (Å²) in [5, 5.41) is 21.3. The number of benzene rings is 1. The van der Waals surface area contributed by atoms with Gasteiger partial charge in [0.05, 0.1) is 12.1 Å². The lowest BCUT2D eigenvalue weighted by Crippen LogP contribution is -2.42. The number of aliphatic imine (C=N–C) groups is 1. The zero-order chi connectivity index (χ0) is 19.7. The van der Waals surface area contributed by atoms with E-state index in [0.29, 0.717) is 25.6 Å². The first kappa shape index (κ1) is 24.3. The van der Waals surface area contributed by atoms with Gasteiger partial charge in [0.15, 0.2) is 5.96 Å². The topological polar surface area (TPSA) is 85.8 Å². The van der Waals surface area contributed by atoms with Crippen LogP contribution >= 0.6 is 35.3 Å². The lowest BCUT2D eigenvalue weighted by Gasteiger charge is -2.20. The van der Waals surface area contributed by atoms with E-state index in [-0.39, 0.29) is 36.1 Å². The van der Waals surface area contributed by atoms with Gasteiger partial charge in [0.2, 0.25) is 0 Å². The molecular formula is C19H26FIN4O2S. The van der Waals surface area contributed by atoms with E-state index >= 15 is 0 Å². The maximum Gasteiger partial charge on any atom is 0.254 e. The molecule has 28 heavy (non-hydrogen) atoms. The molecule has 1 aromatic heterocycles. The molecule has 154 valence electrons. The Hall–Kier alpha value is -1.72. The van der Waals surface area contributed by atoms with Crippen LogP contribution in [0.25, 0.3) is 0 Å². The second-order valence-electron chi connectivity index (χ2n) is 6.11. The minimum Gasteiger partial charge on any atom is -0.383 e. The van der Waals surface area contributed by atoms with E-state index in [1.807, 2.05) is 24.4 Å². The number of rotatable bonds is 8. The van der Waals surface area contributed by atoms with E-state index in [1.165, 1.54) is 29.5 Å². The first-order chi connectivity index (χ1) is 12.9. The highest BCUT2D eigenvalue weighted by molar-refractivity contribution is 14.0. The van der Waals surface area contributed by atoms with Gasteiger partial charge in [0.1, 0.15) is 11.4 Å². The minimum atomic E-state index is -1.05. The second-order valence-corrected chi connectivity index (χ2v) is 7.06. The molecule has 0 spiro atoms. The van der Waals surface area contributed by atoms with Gasteiger partial charge < -0.3 is 21.1 Å². The average molecular weight is 520 g/mol.